The quantitative estimate of drug-likeness (QED) is 0.487. The van der Waals surface area contributed by atoms with Gasteiger partial charge in [0.2, 0.25) is 5.43 Å². The summed E-state index contributed by atoms with van der Waals surface area (Å²) in [6.45, 7) is 0.0796. The van der Waals surface area contributed by atoms with Crippen molar-refractivity contribution in [3.8, 4) is 5.75 Å². The van der Waals surface area contributed by atoms with Gasteiger partial charge in [0, 0.05) is 43.8 Å². The van der Waals surface area contributed by atoms with Crippen LogP contribution in [0.25, 0.3) is 0 Å². The Bertz CT molecular complexity index is 1570. The lowest BCUT2D eigenvalue weighted by atomic mass is 9.88. The fourth-order valence-electron chi connectivity index (χ4n) is 6.24. The number of nitrogens with one attached hydrogen (secondary N) is 1. The zero-order chi connectivity index (χ0) is 28.2. The van der Waals surface area contributed by atoms with Crippen LogP contribution in [-0.4, -0.2) is 39.5 Å². The van der Waals surface area contributed by atoms with E-state index in [1.165, 1.54) is 0 Å². The van der Waals surface area contributed by atoms with Gasteiger partial charge in [-0.1, -0.05) is 30.3 Å². The van der Waals surface area contributed by atoms with E-state index in [1.807, 2.05) is 6.07 Å². The largest absolute Gasteiger partial charge is 0.483 e. The fraction of sp³-hybridized carbons (Fsp3) is 0.345. The highest BCUT2D eigenvalue weighted by Gasteiger charge is 2.54. The van der Waals surface area contributed by atoms with Crippen molar-refractivity contribution < 1.29 is 32.6 Å². The van der Waals surface area contributed by atoms with Crippen LogP contribution in [0.15, 0.2) is 47.3 Å². The summed E-state index contributed by atoms with van der Waals surface area (Å²) in [6, 6.07) is 9.95. The number of hydrogen-bond acceptors (Lipinski definition) is 5. The number of aliphatic hydroxyl groups is 1. The Balaban J connectivity index is 1.48. The van der Waals surface area contributed by atoms with E-state index in [0.29, 0.717) is 31.6 Å². The summed E-state index contributed by atoms with van der Waals surface area (Å²) >= 11 is 0. The van der Waals surface area contributed by atoms with Crippen LogP contribution in [0.1, 0.15) is 69.5 Å². The third-order valence-corrected chi connectivity index (χ3v) is 8.01. The van der Waals surface area contributed by atoms with Gasteiger partial charge in [-0.2, -0.15) is 0 Å². The molecule has 4 heterocycles. The summed E-state index contributed by atoms with van der Waals surface area (Å²) in [5.41, 5.74) is -1.98. The SMILES string of the molecule is O=C(NCc1c(F)cc(F)cc1F)c1c2n3c(c(OCc4ccccc4)c1=O)C(=O)N1CCCCC3(CC2O)C1. The molecule has 3 aliphatic rings. The smallest absolute Gasteiger partial charge is 0.274 e. The van der Waals surface area contributed by atoms with E-state index in [9.17, 15) is 32.7 Å². The number of pyridine rings is 1. The summed E-state index contributed by atoms with van der Waals surface area (Å²) in [4.78, 5) is 42.7. The number of hydrogen-bond donors (Lipinski definition) is 2. The van der Waals surface area contributed by atoms with E-state index < -0.39 is 64.0 Å². The molecule has 2 unspecified atom stereocenters. The molecule has 1 saturated heterocycles. The molecule has 40 heavy (non-hydrogen) atoms. The van der Waals surface area contributed by atoms with Crippen molar-refractivity contribution in [3.05, 3.63) is 98.2 Å². The molecule has 0 aliphatic carbocycles. The van der Waals surface area contributed by atoms with Crippen LogP contribution in [-0.2, 0) is 18.7 Å². The molecule has 208 valence electrons. The third kappa shape index (κ3) is 4.16. The number of ether oxygens (including phenoxy) is 1. The molecule has 2 amide bonds. The number of carbonyl (C=O) groups excluding carboxylic acids is 2. The number of nitrogens with zero attached hydrogens (tertiary/aromatic N) is 2. The minimum Gasteiger partial charge on any atom is -0.483 e. The molecule has 2 N–H and O–H groups in total. The monoisotopic (exact) mass is 553 g/mol. The van der Waals surface area contributed by atoms with Crippen molar-refractivity contribution in [3.63, 3.8) is 0 Å². The zero-order valence-corrected chi connectivity index (χ0v) is 21.4. The molecule has 3 aromatic rings. The van der Waals surface area contributed by atoms with Gasteiger partial charge in [0.15, 0.2) is 11.4 Å². The van der Waals surface area contributed by atoms with Crippen LogP contribution in [0.3, 0.4) is 0 Å². The van der Waals surface area contributed by atoms with Gasteiger partial charge in [0.05, 0.1) is 17.3 Å². The standard InChI is InChI=1S/C29H26F3N3O5/c30-17-10-19(31)18(20(32)11-17)13-33-27(38)22-23-21(36)12-29-8-4-5-9-34(15-29)28(39)24(35(23)29)26(25(22)37)40-14-16-6-2-1-3-7-16/h1-3,6-7,10-11,21,36H,4-5,8-9,12-15H2,(H,33,38). The minimum atomic E-state index is -1.24. The van der Waals surface area contributed by atoms with Gasteiger partial charge in [0.1, 0.15) is 29.6 Å². The van der Waals surface area contributed by atoms with Crippen molar-refractivity contribution in [2.24, 2.45) is 0 Å². The predicted octanol–water partition coefficient (Wildman–Crippen LogP) is 3.55. The van der Waals surface area contributed by atoms with Crippen molar-refractivity contribution in [1.29, 1.82) is 0 Å². The Morgan fingerprint density at radius 1 is 1.10 bits per heavy atom. The Labute approximate surface area is 227 Å². The van der Waals surface area contributed by atoms with Gasteiger partial charge in [-0.05, 0) is 24.8 Å². The van der Waals surface area contributed by atoms with Crippen molar-refractivity contribution in [1.82, 2.24) is 14.8 Å². The number of amides is 2. The van der Waals surface area contributed by atoms with Crippen LogP contribution in [0, 0.1) is 17.5 Å². The second-order valence-corrected chi connectivity index (χ2v) is 10.5. The molecule has 6 rings (SSSR count). The van der Waals surface area contributed by atoms with Crippen molar-refractivity contribution in [2.75, 3.05) is 13.1 Å². The van der Waals surface area contributed by atoms with Crippen molar-refractivity contribution >= 4 is 11.8 Å². The Kier molecular flexibility index (Phi) is 6.41. The van der Waals surface area contributed by atoms with Crippen LogP contribution < -0.4 is 15.5 Å². The van der Waals surface area contributed by atoms with Crippen LogP contribution in [0.4, 0.5) is 13.2 Å². The highest BCUT2D eigenvalue weighted by Crippen LogP contribution is 2.49. The zero-order valence-electron chi connectivity index (χ0n) is 21.4. The summed E-state index contributed by atoms with van der Waals surface area (Å²) in [5, 5.41) is 13.5. The molecule has 8 nitrogen and oxygen atoms in total. The van der Waals surface area contributed by atoms with Gasteiger partial charge >= 0.3 is 0 Å². The van der Waals surface area contributed by atoms with Gasteiger partial charge < -0.3 is 24.6 Å². The van der Waals surface area contributed by atoms with E-state index in [-0.39, 0.29) is 30.2 Å². The number of carbonyl (C=O) groups is 2. The van der Waals surface area contributed by atoms with Gasteiger partial charge in [-0.3, -0.25) is 14.4 Å². The number of aliphatic hydroxyl groups excluding tert-OH is 1. The maximum atomic E-state index is 14.2. The fourth-order valence-corrected chi connectivity index (χ4v) is 6.24. The molecule has 0 saturated carbocycles. The molecule has 1 spiro atoms. The second-order valence-electron chi connectivity index (χ2n) is 10.5. The molecule has 0 radical (unpaired) electrons. The third-order valence-electron chi connectivity index (χ3n) is 8.01. The normalized spacial score (nSPS) is 21.1. The summed E-state index contributed by atoms with van der Waals surface area (Å²) in [6.07, 6.45) is 1.08. The topological polar surface area (TPSA) is 101 Å². The first-order valence-corrected chi connectivity index (χ1v) is 13.1. The second kappa shape index (κ2) is 9.81. The summed E-state index contributed by atoms with van der Waals surface area (Å²) in [5.74, 6) is -5.23. The number of rotatable bonds is 6. The van der Waals surface area contributed by atoms with E-state index in [0.717, 1.165) is 18.4 Å². The van der Waals surface area contributed by atoms with E-state index in [2.05, 4.69) is 5.32 Å². The lowest BCUT2D eigenvalue weighted by molar-refractivity contribution is 0.0545. The molecule has 11 heteroatoms. The number of fused-ring (bicyclic) bond motifs is 1. The number of aromatic nitrogens is 1. The molecule has 1 fully saturated rings. The summed E-state index contributed by atoms with van der Waals surface area (Å²) in [7, 11) is 0. The molecule has 3 aliphatic heterocycles. The summed E-state index contributed by atoms with van der Waals surface area (Å²) < 4.78 is 49.4. The van der Waals surface area contributed by atoms with Crippen LogP contribution >= 0.6 is 0 Å². The molecule has 2 atom stereocenters. The molecular weight excluding hydrogens is 527 g/mol. The predicted molar refractivity (Wildman–Crippen MR) is 136 cm³/mol. The number of halogens is 3. The maximum Gasteiger partial charge on any atom is 0.274 e. The molecular formula is C29H26F3N3O5. The highest BCUT2D eigenvalue weighted by molar-refractivity contribution is 6.01. The Morgan fingerprint density at radius 2 is 1.82 bits per heavy atom. The van der Waals surface area contributed by atoms with E-state index in [1.54, 1.807) is 33.7 Å². The first-order chi connectivity index (χ1) is 19.2. The highest BCUT2D eigenvalue weighted by atomic mass is 19.1. The Hall–Kier alpha value is -4.12. The minimum absolute atomic E-state index is 0.00666. The van der Waals surface area contributed by atoms with E-state index in [4.69, 9.17) is 4.74 Å². The average Bonchev–Trinajstić information content (AvgIpc) is 3.06. The first-order valence-electron chi connectivity index (χ1n) is 13.1. The average molecular weight is 554 g/mol. The van der Waals surface area contributed by atoms with Gasteiger partial charge in [-0.15, -0.1) is 0 Å². The van der Waals surface area contributed by atoms with Gasteiger partial charge in [0.25, 0.3) is 11.8 Å². The number of benzene rings is 2. The lowest BCUT2D eigenvalue weighted by Gasteiger charge is -2.42. The maximum absolute atomic E-state index is 14.2. The van der Waals surface area contributed by atoms with Crippen LogP contribution in [0.2, 0.25) is 0 Å². The van der Waals surface area contributed by atoms with Crippen LogP contribution in [0.5, 0.6) is 5.75 Å². The molecule has 1 aromatic heterocycles. The molecule has 2 aromatic carbocycles. The molecule has 2 bridgehead atoms. The van der Waals surface area contributed by atoms with E-state index >= 15 is 0 Å². The lowest BCUT2D eigenvalue weighted by Crippen LogP contribution is -2.52. The van der Waals surface area contributed by atoms with Gasteiger partial charge in [-0.25, -0.2) is 13.2 Å². The Morgan fingerprint density at radius 3 is 2.55 bits per heavy atom. The van der Waals surface area contributed by atoms with Crippen molar-refractivity contribution in [2.45, 2.75) is 50.5 Å². The first kappa shape index (κ1) is 26.1.